The molecule has 0 bridgehead atoms. The van der Waals surface area contributed by atoms with Crippen LogP contribution in [0.1, 0.15) is 29.5 Å². The minimum absolute atomic E-state index is 0.0286. The Morgan fingerprint density at radius 1 is 1.19 bits per heavy atom. The number of aliphatic imine (C=N–C) groups is 1. The Labute approximate surface area is 180 Å². The number of benzene rings is 2. The lowest BCUT2D eigenvalue weighted by molar-refractivity contribution is -0.129. The lowest BCUT2D eigenvalue weighted by Gasteiger charge is -2.26. The van der Waals surface area contributed by atoms with Crippen molar-refractivity contribution in [1.29, 1.82) is 0 Å². The molecule has 0 aromatic heterocycles. The number of allylic oxidation sites excluding steroid dienone is 1. The summed E-state index contributed by atoms with van der Waals surface area (Å²) in [4.78, 5) is 19.0. The first kappa shape index (κ1) is 21.0. The molecule has 31 heavy (non-hydrogen) atoms. The molecule has 1 amide bonds. The van der Waals surface area contributed by atoms with E-state index in [1.807, 2.05) is 6.08 Å². The van der Waals surface area contributed by atoms with E-state index in [4.69, 9.17) is 9.92 Å². The molecule has 1 saturated carbocycles. The van der Waals surface area contributed by atoms with Crippen molar-refractivity contribution in [2.24, 2.45) is 16.6 Å². The van der Waals surface area contributed by atoms with Crippen molar-refractivity contribution >= 4 is 28.1 Å². The molecular weight excluding hydrogens is 421 g/mol. The third-order valence-corrected chi connectivity index (χ3v) is 5.84. The number of nitrogens with zero attached hydrogens (tertiary/aromatic N) is 2. The van der Waals surface area contributed by atoms with E-state index in [1.165, 1.54) is 36.2 Å². The van der Waals surface area contributed by atoms with E-state index in [0.717, 1.165) is 19.1 Å². The van der Waals surface area contributed by atoms with Gasteiger partial charge < -0.3 is 9.92 Å². The fourth-order valence-corrected chi connectivity index (χ4v) is 4.00. The van der Waals surface area contributed by atoms with Gasteiger partial charge in [0.1, 0.15) is 11.6 Å². The summed E-state index contributed by atoms with van der Waals surface area (Å²) in [6, 6.07) is 10.4. The Hall–Kier alpha value is -3.20. The topological polar surface area (TPSA) is 102 Å². The Kier molecular flexibility index (Phi) is 5.09. The zero-order chi connectivity index (χ0) is 22.4. The van der Waals surface area contributed by atoms with Gasteiger partial charge in [0.15, 0.2) is 11.5 Å². The summed E-state index contributed by atoms with van der Waals surface area (Å²) in [5.74, 6) is -0.202. The SMILES string of the molecule is CN1C(=O)C(c2ccc(OS(C)(=O)=O)cc2)(c2ccc(F)c(/C=C/C3CC3)c2)N=C1N. The average molecular weight is 444 g/mol. The molecule has 1 aliphatic carbocycles. The summed E-state index contributed by atoms with van der Waals surface area (Å²) in [6.45, 7) is 0. The van der Waals surface area contributed by atoms with Gasteiger partial charge in [0.05, 0.1) is 6.26 Å². The predicted molar refractivity (Wildman–Crippen MR) is 115 cm³/mol. The monoisotopic (exact) mass is 443 g/mol. The first-order chi connectivity index (χ1) is 14.6. The maximum absolute atomic E-state index is 14.4. The van der Waals surface area contributed by atoms with Crippen molar-refractivity contribution in [2.45, 2.75) is 18.4 Å². The van der Waals surface area contributed by atoms with Gasteiger partial charge in [0.25, 0.3) is 5.91 Å². The molecule has 2 aliphatic rings. The highest BCUT2D eigenvalue weighted by atomic mass is 32.2. The molecule has 162 valence electrons. The molecule has 9 heteroatoms. The first-order valence-electron chi connectivity index (χ1n) is 9.72. The molecule has 2 aromatic rings. The van der Waals surface area contributed by atoms with E-state index < -0.39 is 27.4 Å². The van der Waals surface area contributed by atoms with Crippen LogP contribution in [0.25, 0.3) is 6.08 Å². The highest BCUT2D eigenvalue weighted by molar-refractivity contribution is 7.86. The number of halogens is 1. The summed E-state index contributed by atoms with van der Waals surface area (Å²) in [5, 5.41) is 0. The van der Waals surface area contributed by atoms with E-state index in [0.29, 0.717) is 22.6 Å². The lowest BCUT2D eigenvalue weighted by Crippen LogP contribution is -2.41. The highest BCUT2D eigenvalue weighted by Crippen LogP contribution is 2.41. The van der Waals surface area contributed by atoms with Crippen LogP contribution in [0.3, 0.4) is 0 Å². The zero-order valence-corrected chi connectivity index (χ0v) is 17.9. The summed E-state index contributed by atoms with van der Waals surface area (Å²) >= 11 is 0. The summed E-state index contributed by atoms with van der Waals surface area (Å²) in [5.41, 5.74) is 5.72. The van der Waals surface area contributed by atoms with Crippen LogP contribution in [0.5, 0.6) is 5.75 Å². The van der Waals surface area contributed by atoms with E-state index in [9.17, 15) is 17.6 Å². The van der Waals surface area contributed by atoms with Crippen LogP contribution in [-0.2, 0) is 20.5 Å². The molecule has 1 fully saturated rings. The Bertz CT molecular complexity index is 1200. The quantitative estimate of drug-likeness (QED) is 0.692. The van der Waals surface area contributed by atoms with Crippen molar-refractivity contribution in [3.8, 4) is 5.75 Å². The van der Waals surface area contributed by atoms with Crippen LogP contribution < -0.4 is 9.92 Å². The second kappa shape index (κ2) is 7.49. The minimum Gasteiger partial charge on any atom is -0.383 e. The van der Waals surface area contributed by atoms with Gasteiger partial charge in [-0.25, -0.2) is 9.38 Å². The molecule has 7 nitrogen and oxygen atoms in total. The van der Waals surface area contributed by atoms with Gasteiger partial charge in [-0.2, -0.15) is 8.42 Å². The number of carbonyl (C=O) groups is 1. The van der Waals surface area contributed by atoms with Crippen molar-refractivity contribution < 1.29 is 21.8 Å². The van der Waals surface area contributed by atoms with Crippen LogP contribution in [0.2, 0.25) is 0 Å². The highest BCUT2D eigenvalue weighted by Gasteiger charge is 2.49. The van der Waals surface area contributed by atoms with Gasteiger partial charge in [0, 0.05) is 12.6 Å². The Morgan fingerprint density at radius 3 is 2.39 bits per heavy atom. The second-order valence-corrected chi connectivity index (χ2v) is 9.36. The van der Waals surface area contributed by atoms with Crippen LogP contribution in [0.4, 0.5) is 4.39 Å². The van der Waals surface area contributed by atoms with Gasteiger partial charge in [-0.3, -0.25) is 9.69 Å². The number of likely N-dealkylation sites (N-methyl/N-ethyl adjacent to an activating group) is 1. The van der Waals surface area contributed by atoms with Crippen LogP contribution in [-0.4, -0.2) is 38.5 Å². The summed E-state index contributed by atoms with van der Waals surface area (Å²) in [6.07, 6.45) is 6.81. The summed E-state index contributed by atoms with van der Waals surface area (Å²) < 4.78 is 42.1. The molecule has 1 atom stereocenters. The van der Waals surface area contributed by atoms with E-state index in [-0.39, 0.29) is 11.7 Å². The van der Waals surface area contributed by atoms with Crippen molar-refractivity contribution in [1.82, 2.24) is 4.90 Å². The normalized spacial score (nSPS) is 21.6. The molecule has 4 rings (SSSR count). The van der Waals surface area contributed by atoms with Crippen LogP contribution in [0.15, 0.2) is 53.5 Å². The Balaban J connectivity index is 1.82. The molecule has 1 unspecified atom stereocenters. The van der Waals surface area contributed by atoms with Crippen LogP contribution >= 0.6 is 0 Å². The largest absolute Gasteiger partial charge is 0.383 e. The van der Waals surface area contributed by atoms with Crippen molar-refractivity contribution in [2.75, 3.05) is 13.3 Å². The number of nitrogens with two attached hydrogens (primary N) is 1. The number of guanidine groups is 1. The minimum atomic E-state index is -3.70. The molecule has 1 aliphatic heterocycles. The molecule has 0 saturated heterocycles. The smallest absolute Gasteiger partial charge is 0.306 e. The van der Waals surface area contributed by atoms with Gasteiger partial charge in [-0.1, -0.05) is 30.4 Å². The molecule has 2 aromatic carbocycles. The molecule has 2 N–H and O–H groups in total. The molecule has 0 radical (unpaired) electrons. The number of carbonyl (C=O) groups excluding carboxylic acids is 1. The van der Waals surface area contributed by atoms with Crippen molar-refractivity contribution in [3.05, 3.63) is 71.0 Å². The number of amides is 1. The van der Waals surface area contributed by atoms with Gasteiger partial charge in [-0.05, 0) is 54.2 Å². The first-order valence-corrected chi connectivity index (χ1v) is 11.5. The average Bonchev–Trinajstić information content (AvgIpc) is 3.51. The Morgan fingerprint density at radius 2 is 1.84 bits per heavy atom. The molecule has 0 spiro atoms. The van der Waals surface area contributed by atoms with Crippen molar-refractivity contribution in [3.63, 3.8) is 0 Å². The molecular formula is C22H22FN3O4S. The van der Waals surface area contributed by atoms with E-state index in [2.05, 4.69) is 4.99 Å². The summed E-state index contributed by atoms with van der Waals surface area (Å²) in [7, 11) is -2.18. The van der Waals surface area contributed by atoms with E-state index >= 15 is 0 Å². The lowest BCUT2D eigenvalue weighted by atomic mass is 9.82. The second-order valence-electron chi connectivity index (χ2n) is 7.79. The van der Waals surface area contributed by atoms with Crippen LogP contribution in [0, 0.1) is 11.7 Å². The number of rotatable bonds is 6. The predicted octanol–water partition coefficient (Wildman–Crippen LogP) is 2.62. The number of hydrogen-bond donors (Lipinski definition) is 1. The van der Waals surface area contributed by atoms with Gasteiger partial charge in [-0.15, -0.1) is 0 Å². The third-order valence-electron chi connectivity index (χ3n) is 5.34. The zero-order valence-electron chi connectivity index (χ0n) is 17.1. The van der Waals surface area contributed by atoms with Gasteiger partial charge in [0.2, 0.25) is 0 Å². The van der Waals surface area contributed by atoms with E-state index in [1.54, 1.807) is 24.3 Å². The molecule has 1 heterocycles. The fourth-order valence-electron chi connectivity index (χ4n) is 3.54. The maximum Gasteiger partial charge on any atom is 0.306 e. The van der Waals surface area contributed by atoms with Gasteiger partial charge >= 0.3 is 10.1 Å². The third kappa shape index (κ3) is 4.05. The maximum atomic E-state index is 14.4. The number of hydrogen-bond acceptors (Lipinski definition) is 6. The fraction of sp³-hybridized carbons (Fsp3) is 0.273. The standard InChI is InChI=1S/C22H22FN3O4S/c1-26-20(27)22(25-21(26)24,16-7-10-18(11-8-16)30-31(2,28)29)17-9-12-19(23)15(13-17)6-5-14-3-4-14/h5-14H,3-4H2,1-2H3,(H2,24,25)/b6-5+.